The van der Waals surface area contributed by atoms with Crippen molar-refractivity contribution in [3.8, 4) is 0 Å². The highest BCUT2D eigenvalue weighted by Gasteiger charge is 2.29. The fraction of sp³-hybridized carbons (Fsp3) is 0.278. The monoisotopic (exact) mass is 277 g/mol. The van der Waals surface area contributed by atoms with Gasteiger partial charge in [0.2, 0.25) is 0 Å². The average Bonchev–Trinajstić information content (AvgIpc) is 2.89. The third-order valence-electron chi connectivity index (χ3n) is 4.43. The smallest absolute Gasteiger partial charge is 0.0882 e. The lowest BCUT2D eigenvalue weighted by atomic mass is 9.76. The Morgan fingerprint density at radius 1 is 1.10 bits per heavy atom. The van der Waals surface area contributed by atoms with Crippen molar-refractivity contribution in [2.75, 3.05) is 0 Å². The van der Waals surface area contributed by atoms with Gasteiger partial charge in [0.15, 0.2) is 0 Å². The molecular formula is C18H19N3. The lowest BCUT2D eigenvalue weighted by Crippen LogP contribution is -2.39. The molecule has 21 heavy (non-hydrogen) atoms. The summed E-state index contributed by atoms with van der Waals surface area (Å²) in [6.07, 6.45) is 4.31. The van der Waals surface area contributed by atoms with Crippen molar-refractivity contribution in [3.63, 3.8) is 0 Å². The van der Waals surface area contributed by atoms with Crippen LogP contribution >= 0.6 is 0 Å². The van der Waals surface area contributed by atoms with Gasteiger partial charge in [-0.25, -0.2) is 0 Å². The van der Waals surface area contributed by atoms with E-state index in [0.717, 1.165) is 23.5 Å². The van der Waals surface area contributed by atoms with Gasteiger partial charge in [-0.05, 0) is 42.5 Å². The number of fused-ring (bicyclic) bond motifs is 1. The molecule has 0 unspecified atom stereocenters. The Labute approximate surface area is 124 Å². The Morgan fingerprint density at radius 3 is 2.76 bits per heavy atom. The third-order valence-corrected chi connectivity index (χ3v) is 4.43. The SMILES string of the molecule is c1ccc(C2CC(NCc3cc4ncccc4[nH]3)C2)cc1. The molecule has 4 rings (SSSR count). The maximum atomic E-state index is 4.36. The average molecular weight is 277 g/mol. The second-order valence-corrected chi connectivity index (χ2v) is 5.89. The van der Waals surface area contributed by atoms with Gasteiger partial charge in [-0.1, -0.05) is 30.3 Å². The summed E-state index contributed by atoms with van der Waals surface area (Å²) in [5.74, 6) is 0.730. The van der Waals surface area contributed by atoms with E-state index in [0.29, 0.717) is 6.04 Å². The summed E-state index contributed by atoms with van der Waals surface area (Å²) in [5.41, 5.74) is 4.85. The Bertz CT molecular complexity index is 693. The first-order valence-electron chi connectivity index (χ1n) is 7.59. The summed E-state index contributed by atoms with van der Waals surface area (Å²) in [5, 5.41) is 3.64. The van der Waals surface area contributed by atoms with Gasteiger partial charge in [-0.15, -0.1) is 0 Å². The molecule has 0 saturated heterocycles. The minimum Gasteiger partial charge on any atom is -0.356 e. The summed E-state index contributed by atoms with van der Waals surface area (Å²) in [6, 6.07) is 17.6. The maximum Gasteiger partial charge on any atom is 0.0882 e. The molecule has 3 aromatic rings. The summed E-state index contributed by atoms with van der Waals surface area (Å²) in [7, 11) is 0. The zero-order chi connectivity index (χ0) is 14.1. The Hall–Kier alpha value is -2.13. The molecule has 1 aliphatic carbocycles. The highest BCUT2D eigenvalue weighted by molar-refractivity contribution is 5.75. The van der Waals surface area contributed by atoms with Crippen molar-refractivity contribution in [2.45, 2.75) is 31.3 Å². The minimum absolute atomic E-state index is 0.634. The normalized spacial score (nSPS) is 21.3. The number of benzene rings is 1. The predicted octanol–water partition coefficient (Wildman–Crippen LogP) is 3.60. The quantitative estimate of drug-likeness (QED) is 0.765. The van der Waals surface area contributed by atoms with E-state index in [2.05, 4.69) is 57.7 Å². The largest absolute Gasteiger partial charge is 0.356 e. The van der Waals surface area contributed by atoms with E-state index in [-0.39, 0.29) is 0 Å². The van der Waals surface area contributed by atoms with Crippen LogP contribution in [-0.4, -0.2) is 16.0 Å². The van der Waals surface area contributed by atoms with Crippen molar-refractivity contribution >= 4 is 11.0 Å². The summed E-state index contributed by atoms with van der Waals surface area (Å²) < 4.78 is 0. The topological polar surface area (TPSA) is 40.7 Å². The number of nitrogens with one attached hydrogen (secondary N) is 2. The molecule has 3 heteroatoms. The number of H-pyrrole nitrogens is 1. The molecule has 2 heterocycles. The van der Waals surface area contributed by atoms with Crippen LogP contribution in [0.2, 0.25) is 0 Å². The van der Waals surface area contributed by atoms with Crippen LogP contribution in [0.5, 0.6) is 0 Å². The van der Waals surface area contributed by atoms with Crippen LogP contribution in [0.15, 0.2) is 54.7 Å². The zero-order valence-electron chi connectivity index (χ0n) is 11.9. The molecule has 1 fully saturated rings. The highest BCUT2D eigenvalue weighted by Crippen LogP contribution is 2.36. The van der Waals surface area contributed by atoms with Gasteiger partial charge >= 0.3 is 0 Å². The molecular weight excluding hydrogens is 258 g/mol. The first-order valence-corrected chi connectivity index (χ1v) is 7.59. The number of rotatable bonds is 4. The van der Waals surface area contributed by atoms with Crippen LogP contribution in [0.4, 0.5) is 0 Å². The molecule has 1 aliphatic rings. The van der Waals surface area contributed by atoms with Gasteiger partial charge in [0.1, 0.15) is 0 Å². The van der Waals surface area contributed by atoms with Crippen LogP contribution in [0, 0.1) is 0 Å². The molecule has 0 aliphatic heterocycles. The van der Waals surface area contributed by atoms with E-state index in [9.17, 15) is 0 Å². The number of hydrogen-bond acceptors (Lipinski definition) is 2. The van der Waals surface area contributed by atoms with Crippen LogP contribution < -0.4 is 5.32 Å². The van der Waals surface area contributed by atoms with Crippen molar-refractivity contribution in [3.05, 3.63) is 66.0 Å². The molecule has 106 valence electrons. The van der Waals surface area contributed by atoms with Gasteiger partial charge in [0.05, 0.1) is 11.0 Å². The van der Waals surface area contributed by atoms with E-state index in [1.807, 2.05) is 12.3 Å². The first kappa shape index (κ1) is 12.6. The highest BCUT2D eigenvalue weighted by atomic mass is 15.0. The standard InChI is InChI=1S/C18H19N3/c1-2-5-13(6-3-1)14-9-15(10-14)20-12-16-11-18-17(21-16)7-4-8-19-18/h1-8,11,14-15,20-21H,9-10,12H2. The van der Waals surface area contributed by atoms with Crippen LogP contribution in [0.25, 0.3) is 11.0 Å². The molecule has 0 amide bonds. The van der Waals surface area contributed by atoms with Gasteiger partial charge < -0.3 is 10.3 Å². The lowest BCUT2D eigenvalue weighted by Gasteiger charge is -2.36. The lowest BCUT2D eigenvalue weighted by molar-refractivity contribution is 0.289. The Morgan fingerprint density at radius 2 is 1.95 bits per heavy atom. The molecule has 1 saturated carbocycles. The number of nitrogens with zero attached hydrogens (tertiary/aromatic N) is 1. The van der Waals surface area contributed by atoms with E-state index in [4.69, 9.17) is 0 Å². The van der Waals surface area contributed by atoms with Crippen LogP contribution in [0.1, 0.15) is 30.0 Å². The van der Waals surface area contributed by atoms with Crippen LogP contribution in [-0.2, 0) is 6.54 Å². The number of aromatic nitrogens is 2. The van der Waals surface area contributed by atoms with Gasteiger partial charge in [-0.2, -0.15) is 0 Å². The Kier molecular flexibility index (Phi) is 3.20. The summed E-state index contributed by atoms with van der Waals surface area (Å²) in [6.45, 7) is 0.891. The van der Waals surface area contributed by atoms with E-state index in [1.54, 1.807) is 0 Å². The number of hydrogen-bond donors (Lipinski definition) is 2. The maximum absolute atomic E-state index is 4.36. The minimum atomic E-state index is 0.634. The third kappa shape index (κ3) is 2.57. The Balaban J connectivity index is 1.32. The molecule has 2 aromatic heterocycles. The second kappa shape index (κ2) is 5.34. The molecule has 2 N–H and O–H groups in total. The van der Waals surface area contributed by atoms with E-state index in [1.165, 1.54) is 24.1 Å². The molecule has 0 radical (unpaired) electrons. The van der Waals surface area contributed by atoms with Gasteiger partial charge in [0.25, 0.3) is 0 Å². The van der Waals surface area contributed by atoms with Crippen molar-refractivity contribution in [1.29, 1.82) is 0 Å². The van der Waals surface area contributed by atoms with Crippen molar-refractivity contribution < 1.29 is 0 Å². The molecule has 3 nitrogen and oxygen atoms in total. The predicted molar refractivity (Wildman–Crippen MR) is 85.1 cm³/mol. The van der Waals surface area contributed by atoms with E-state index < -0.39 is 0 Å². The van der Waals surface area contributed by atoms with Gasteiger partial charge in [0, 0.05) is 24.5 Å². The van der Waals surface area contributed by atoms with Crippen molar-refractivity contribution in [1.82, 2.24) is 15.3 Å². The van der Waals surface area contributed by atoms with E-state index >= 15 is 0 Å². The second-order valence-electron chi connectivity index (χ2n) is 5.89. The molecule has 1 aromatic carbocycles. The van der Waals surface area contributed by atoms with Crippen molar-refractivity contribution in [2.24, 2.45) is 0 Å². The molecule has 0 spiro atoms. The summed E-state index contributed by atoms with van der Waals surface area (Å²) >= 11 is 0. The fourth-order valence-corrected chi connectivity index (χ4v) is 3.14. The number of pyridine rings is 1. The molecule has 0 atom stereocenters. The summed E-state index contributed by atoms with van der Waals surface area (Å²) in [4.78, 5) is 7.77. The fourth-order valence-electron chi connectivity index (χ4n) is 3.14. The zero-order valence-corrected chi connectivity index (χ0v) is 11.9. The molecule has 0 bridgehead atoms. The van der Waals surface area contributed by atoms with Gasteiger partial charge in [-0.3, -0.25) is 4.98 Å². The number of aromatic amines is 1. The first-order chi connectivity index (χ1) is 10.4. The van der Waals surface area contributed by atoms with Crippen LogP contribution in [0.3, 0.4) is 0 Å².